The van der Waals surface area contributed by atoms with Gasteiger partial charge >= 0.3 is 5.97 Å². The van der Waals surface area contributed by atoms with Crippen molar-refractivity contribution in [2.45, 2.75) is 32.8 Å². The summed E-state index contributed by atoms with van der Waals surface area (Å²) < 4.78 is 5.29. The van der Waals surface area contributed by atoms with Gasteiger partial charge in [0.15, 0.2) is 11.9 Å². The average molecular weight is 348 g/mol. The Balaban J connectivity index is 1.97. The van der Waals surface area contributed by atoms with Crippen molar-refractivity contribution in [3.05, 3.63) is 39.1 Å². The van der Waals surface area contributed by atoms with Crippen molar-refractivity contribution in [2.24, 2.45) is 0 Å². The monoisotopic (exact) mass is 348 g/mol. The number of carbonyl (C=O) groups is 1. The van der Waals surface area contributed by atoms with Gasteiger partial charge in [0, 0.05) is 22.2 Å². The van der Waals surface area contributed by atoms with Gasteiger partial charge < -0.3 is 9.72 Å². The molecule has 1 atom stereocenters. The average Bonchev–Trinajstić information content (AvgIpc) is 3.15. The maximum atomic E-state index is 12.5. The molecule has 0 aliphatic heterocycles. The molecule has 0 saturated carbocycles. The molecule has 0 aromatic carbocycles. The fourth-order valence-electron chi connectivity index (χ4n) is 2.29. The molecule has 3 rings (SSSR count). The van der Waals surface area contributed by atoms with E-state index in [4.69, 9.17) is 4.74 Å². The molecule has 3 heterocycles. The van der Waals surface area contributed by atoms with Crippen LogP contribution in [0.5, 0.6) is 0 Å². The Morgan fingerprint density at radius 3 is 2.96 bits per heavy atom. The molecule has 0 saturated heterocycles. The maximum absolute atomic E-state index is 12.5. The third kappa shape index (κ3) is 3.20. The number of nitrogens with zero attached hydrogens (tertiary/aromatic N) is 1. The van der Waals surface area contributed by atoms with Crippen LogP contribution in [0.1, 0.15) is 38.6 Å². The van der Waals surface area contributed by atoms with Crippen LogP contribution in [0.2, 0.25) is 0 Å². The molecule has 7 heteroatoms. The molecule has 23 heavy (non-hydrogen) atoms. The summed E-state index contributed by atoms with van der Waals surface area (Å²) in [6.45, 7) is 3.63. The molecule has 0 bridgehead atoms. The zero-order chi connectivity index (χ0) is 16.4. The number of fused-ring (bicyclic) bond motifs is 1. The first-order valence-electron chi connectivity index (χ1n) is 7.35. The van der Waals surface area contributed by atoms with Crippen molar-refractivity contribution >= 4 is 38.9 Å². The summed E-state index contributed by atoms with van der Waals surface area (Å²) in [5, 5.41) is 4.51. The number of hydrogen-bond acceptors (Lipinski definition) is 6. The van der Waals surface area contributed by atoms with Crippen LogP contribution in [0.25, 0.3) is 20.7 Å². The normalized spacial score (nSPS) is 12.4. The SMILES string of the molecule is CCCC(=O)O[C@@H](C)c1nc2scc(-c3cccs3)c2c(=O)[nH]1. The lowest BCUT2D eigenvalue weighted by Crippen LogP contribution is -2.16. The summed E-state index contributed by atoms with van der Waals surface area (Å²) in [5.74, 6) is 0.0970. The van der Waals surface area contributed by atoms with E-state index < -0.39 is 6.10 Å². The minimum atomic E-state index is -0.571. The lowest BCUT2D eigenvalue weighted by molar-refractivity contribution is -0.149. The van der Waals surface area contributed by atoms with Crippen LogP contribution in [0.3, 0.4) is 0 Å². The van der Waals surface area contributed by atoms with Gasteiger partial charge in [-0.1, -0.05) is 13.0 Å². The smallest absolute Gasteiger partial charge is 0.306 e. The highest BCUT2D eigenvalue weighted by atomic mass is 32.1. The molecule has 0 aliphatic rings. The fourth-order valence-corrected chi connectivity index (χ4v) is 4.06. The number of hydrogen-bond donors (Lipinski definition) is 1. The van der Waals surface area contributed by atoms with Gasteiger partial charge in [0.1, 0.15) is 4.83 Å². The molecule has 0 fully saturated rings. The van der Waals surface area contributed by atoms with Crippen molar-refractivity contribution in [3.63, 3.8) is 0 Å². The van der Waals surface area contributed by atoms with Crippen molar-refractivity contribution < 1.29 is 9.53 Å². The topological polar surface area (TPSA) is 72.0 Å². The van der Waals surface area contributed by atoms with Crippen LogP contribution >= 0.6 is 22.7 Å². The quantitative estimate of drug-likeness (QED) is 0.704. The molecular formula is C16H16N2O3S2. The Morgan fingerprint density at radius 2 is 2.26 bits per heavy atom. The van der Waals surface area contributed by atoms with Gasteiger partial charge in [0.05, 0.1) is 5.39 Å². The number of carbonyl (C=O) groups excluding carboxylic acids is 1. The molecule has 0 spiro atoms. The van der Waals surface area contributed by atoms with Crippen LogP contribution in [0.15, 0.2) is 27.7 Å². The number of aromatic nitrogens is 2. The number of rotatable bonds is 5. The van der Waals surface area contributed by atoms with Gasteiger partial charge in [-0.15, -0.1) is 22.7 Å². The Hall–Kier alpha value is -1.99. The van der Waals surface area contributed by atoms with E-state index in [9.17, 15) is 9.59 Å². The fraction of sp³-hybridized carbons (Fsp3) is 0.312. The third-order valence-electron chi connectivity index (χ3n) is 3.40. The third-order valence-corrected chi connectivity index (χ3v) is 5.17. The molecule has 1 N–H and O–H groups in total. The van der Waals surface area contributed by atoms with Gasteiger partial charge in [0.25, 0.3) is 5.56 Å². The van der Waals surface area contributed by atoms with E-state index in [0.717, 1.165) is 16.9 Å². The van der Waals surface area contributed by atoms with Crippen LogP contribution in [-0.4, -0.2) is 15.9 Å². The Kier molecular flexibility index (Phi) is 4.58. The molecule has 0 aliphatic carbocycles. The van der Waals surface area contributed by atoms with Crippen molar-refractivity contribution in [1.82, 2.24) is 9.97 Å². The zero-order valence-corrected chi connectivity index (χ0v) is 14.4. The van der Waals surface area contributed by atoms with Crippen molar-refractivity contribution in [1.29, 1.82) is 0 Å². The molecule has 0 radical (unpaired) electrons. The van der Waals surface area contributed by atoms with Gasteiger partial charge in [-0.25, -0.2) is 4.98 Å². The largest absolute Gasteiger partial charge is 0.454 e. The molecule has 5 nitrogen and oxygen atoms in total. The highest BCUT2D eigenvalue weighted by molar-refractivity contribution is 7.18. The molecule has 3 aromatic rings. The number of ether oxygens (including phenoxy) is 1. The van der Waals surface area contributed by atoms with E-state index in [2.05, 4.69) is 9.97 Å². The summed E-state index contributed by atoms with van der Waals surface area (Å²) in [6, 6.07) is 3.93. The zero-order valence-electron chi connectivity index (χ0n) is 12.8. The number of nitrogens with one attached hydrogen (secondary N) is 1. The van der Waals surface area contributed by atoms with Crippen molar-refractivity contribution in [3.8, 4) is 10.4 Å². The summed E-state index contributed by atoms with van der Waals surface area (Å²) >= 11 is 3.01. The summed E-state index contributed by atoms with van der Waals surface area (Å²) in [6.07, 6.45) is 0.514. The van der Waals surface area contributed by atoms with Crippen LogP contribution in [-0.2, 0) is 9.53 Å². The van der Waals surface area contributed by atoms with Gasteiger partial charge in [-0.05, 0) is 24.8 Å². The lowest BCUT2D eigenvalue weighted by atomic mass is 10.2. The number of H-pyrrole nitrogens is 1. The Morgan fingerprint density at radius 1 is 1.43 bits per heavy atom. The van der Waals surface area contributed by atoms with Crippen LogP contribution in [0.4, 0.5) is 0 Å². The second-order valence-electron chi connectivity index (χ2n) is 5.14. The van der Waals surface area contributed by atoms with Crippen LogP contribution in [0, 0.1) is 0 Å². The predicted octanol–water partition coefficient (Wildman–Crippen LogP) is 4.12. The highest BCUT2D eigenvalue weighted by Gasteiger charge is 2.18. The minimum Gasteiger partial charge on any atom is -0.454 e. The number of esters is 1. The summed E-state index contributed by atoms with van der Waals surface area (Å²) in [5.41, 5.74) is 0.698. The van der Waals surface area contributed by atoms with E-state index in [0.29, 0.717) is 22.5 Å². The van der Waals surface area contributed by atoms with E-state index >= 15 is 0 Å². The van der Waals surface area contributed by atoms with E-state index in [-0.39, 0.29) is 11.5 Å². The molecule has 3 aromatic heterocycles. The standard InChI is InChI=1S/C16H16N2O3S2/c1-3-5-12(19)21-9(2)14-17-15(20)13-10(8-23-16(13)18-14)11-6-4-7-22-11/h4,6-9H,3,5H2,1-2H3,(H,17,18,20)/t9-/m0/s1. The highest BCUT2D eigenvalue weighted by Crippen LogP contribution is 2.33. The lowest BCUT2D eigenvalue weighted by Gasteiger charge is -2.12. The van der Waals surface area contributed by atoms with E-state index in [1.807, 2.05) is 29.8 Å². The summed E-state index contributed by atoms with van der Waals surface area (Å²) in [7, 11) is 0. The first-order valence-corrected chi connectivity index (χ1v) is 9.10. The number of thiophene rings is 2. The first-order chi connectivity index (χ1) is 11.1. The predicted molar refractivity (Wildman–Crippen MR) is 93.0 cm³/mol. The summed E-state index contributed by atoms with van der Waals surface area (Å²) in [4.78, 5) is 33.0. The van der Waals surface area contributed by atoms with E-state index in [1.165, 1.54) is 11.3 Å². The molecular weight excluding hydrogens is 332 g/mol. The molecule has 0 amide bonds. The van der Waals surface area contributed by atoms with Gasteiger partial charge in [-0.3, -0.25) is 9.59 Å². The van der Waals surface area contributed by atoms with Crippen LogP contribution < -0.4 is 5.56 Å². The number of aromatic amines is 1. The minimum absolute atomic E-state index is 0.201. The van der Waals surface area contributed by atoms with E-state index in [1.54, 1.807) is 18.3 Å². The first kappa shape index (κ1) is 15.9. The second kappa shape index (κ2) is 6.64. The Bertz CT molecular complexity index is 881. The molecule has 120 valence electrons. The second-order valence-corrected chi connectivity index (χ2v) is 6.95. The van der Waals surface area contributed by atoms with Crippen molar-refractivity contribution in [2.75, 3.05) is 0 Å². The van der Waals surface area contributed by atoms with Gasteiger partial charge in [0.2, 0.25) is 0 Å². The maximum Gasteiger partial charge on any atom is 0.306 e. The Labute approximate surface area is 141 Å². The van der Waals surface area contributed by atoms with Gasteiger partial charge in [-0.2, -0.15) is 0 Å². The molecule has 0 unspecified atom stereocenters.